The van der Waals surface area contributed by atoms with Gasteiger partial charge in [0.05, 0.1) is 7.11 Å². The molecule has 0 fully saturated rings. The van der Waals surface area contributed by atoms with E-state index in [1.807, 2.05) is 24.3 Å². The minimum absolute atomic E-state index is 0.227. The molecule has 23 heavy (non-hydrogen) atoms. The highest BCUT2D eigenvalue weighted by atomic mass is 35.5. The molecule has 0 bridgehead atoms. The van der Waals surface area contributed by atoms with Crippen LogP contribution >= 0.6 is 11.6 Å². The first-order valence-electron chi connectivity index (χ1n) is 7.00. The summed E-state index contributed by atoms with van der Waals surface area (Å²) in [6.45, 7) is 0. The number of carboxylic acid groups (broad SMARTS) is 1. The average Bonchev–Trinajstić information content (AvgIpc) is 2.98. The second kappa shape index (κ2) is 7.69. The van der Waals surface area contributed by atoms with Crippen LogP contribution < -0.4 is 10.1 Å². The van der Waals surface area contributed by atoms with Gasteiger partial charge in [0, 0.05) is 0 Å². The smallest absolute Gasteiger partial charge is 0.326 e. The highest BCUT2D eigenvalue weighted by Crippen LogP contribution is 2.14. The van der Waals surface area contributed by atoms with Crippen LogP contribution in [0.3, 0.4) is 0 Å². The molecule has 122 valence electrons. The number of hydrogen-bond donors (Lipinski definition) is 3. The number of aromatic amines is 1. The van der Waals surface area contributed by atoms with E-state index in [2.05, 4.69) is 10.3 Å². The second-order valence-electron chi connectivity index (χ2n) is 4.97. The van der Waals surface area contributed by atoms with E-state index in [9.17, 15) is 14.7 Å². The summed E-state index contributed by atoms with van der Waals surface area (Å²) in [5.41, 5.74) is 1.19. The Morgan fingerprint density at radius 1 is 1.26 bits per heavy atom. The fraction of sp³-hybridized carbons (Fsp3) is 0.250. The molecule has 0 saturated carbocycles. The van der Waals surface area contributed by atoms with Gasteiger partial charge in [-0.2, -0.15) is 0 Å². The van der Waals surface area contributed by atoms with Crippen LogP contribution in [-0.4, -0.2) is 35.1 Å². The van der Waals surface area contributed by atoms with Crippen molar-refractivity contribution in [1.29, 1.82) is 0 Å². The van der Waals surface area contributed by atoms with Gasteiger partial charge in [-0.05, 0) is 42.7 Å². The molecule has 1 aromatic carbocycles. The van der Waals surface area contributed by atoms with E-state index >= 15 is 0 Å². The van der Waals surface area contributed by atoms with Crippen LogP contribution in [0.15, 0.2) is 36.4 Å². The number of carbonyl (C=O) groups excluding carboxylic acids is 1. The van der Waals surface area contributed by atoms with E-state index in [1.54, 1.807) is 7.11 Å². The molecule has 1 amide bonds. The van der Waals surface area contributed by atoms with Gasteiger partial charge in [0.15, 0.2) is 0 Å². The number of nitrogens with one attached hydrogen (secondary N) is 2. The second-order valence-corrected chi connectivity index (χ2v) is 5.38. The average molecular weight is 337 g/mol. The number of amides is 1. The molecule has 1 unspecified atom stereocenters. The van der Waals surface area contributed by atoms with Crippen LogP contribution in [0.25, 0.3) is 0 Å². The molecule has 0 aliphatic rings. The number of carbonyl (C=O) groups is 2. The summed E-state index contributed by atoms with van der Waals surface area (Å²) in [6, 6.07) is 9.40. The van der Waals surface area contributed by atoms with Gasteiger partial charge in [0.25, 0.3) is 5.91 Å². The van der Waals surface area contributed by atoms with Gasteiger partial charge < -0.3 is 20.1 Å². The van der Waals surface area contributed by atoms with Crippen molar-refractivity contribution in [3.63, 3.8) is 0 Å². The van der Waals surface area contributed by atoms with E-state index in [4.69, 9.17) is 16.3 Å². The van der Waals surface area contributed by atoms with Crippen molar-refractivity contribution in [2.24, 2.45) is 0 Å². The quantitative estimate of drug-likeness (QED) is 0.724. The van der Waals surface area contributed by atoms with Gasteiger partial charge in [-0.15, -0.1) is 0 Å². The molecule has 6 nitrogen and oxygen atoms in total. The topological polar surface area (TPSA) is 91.4 Å². The van der Waals surface area contributed by atoms with Gasteiger partial charge in [0.1, 0.15) is 22.6 Å². The normalized spacial score (nSPS) is 11.7. The predicted molar refractivity (Wildman–Crippen MR) is 86.0 cm³/mol. The van der Waals surface area contributed by atoms with Crippen molar-refractivity contribution < 1.29 is 19.4 Å². The summed E-state index contributed by atoms with van der Waals surface area (Å²) in [7, 11) is 1.58. The molecule has 1 atom stereocenters. The van der Waals surface area contributed by atoms with Crippen LogP contribution in [-0.2, 0) is 11.2 Å². The van der Waals surface area contributed by atoms with E-state index < -0.39 is 17.9 Å². The first kappa shape index (κ1) is 16.9. The predicted octanol–water partition coefficient (Wildman–Crippen LogP) is 2.49. The zero-order chi connectivity index (χ0) is 16.8. The molecule has 0 spiro atoms. The third-order valence-electron chi connectivity index (χ3n) is 3.38. The van der Waals surface area contributed by atoms with E-state index in [0.717, 1.165) is 11.3 Å². The number of carboxylic acids is 1. The number of ether oxygens (including phenoxy) is 1. The number of hydrogen-bond acceptors (Lipinski definition) is 3. The number of benzene rings is 1. The summed E-state index contributed by atoms with van der Waals surface area (Å²) in [5.74, 6) is -0.844. The molecule has 2 rings (SSSR count). The van der Waals surface area contributed by atoms with Crippen molar-refractivity contribution >= 4 is 23.5 Å². The first-order valence-corrected chi connectivity index (χ1v) is 7.38. The number of H-pyrrole nitrogens is 1. The van der Waals surface area contributed by atoms with Crippen LogP contribution in [0.5, 0.6) is 5.75 Å². The minimum atomic E-state index is -1.08. The largest absolute Gasteiger partial charge is 0.497 e. The van der Waals surface area contributed by atoms with Crippen molar-refractivity contribution in [2.45, 2.75) is 18.9 Å². The van der Waals surface area contributed by atoms with Crippen LogP contribution in [0.1, 0.15) is 22.5 Å². The van der Waals surface area contributed by atoms with Crippen molar-refractivity contribution in [1.82, 2.24) is 10.3 Å². The van der Waals surface area contributed by atoms with Crippen molar-refractivity contribution in [2.75, 3.05) is 7.11 Å². The van der Waals surface area contributed by atoms with E-state index in [1.165, 1.54) is 12.1 Å². The van der Waals surface area contributed by atoms with E-state index in [-0.39, 0.29) is 12.1 Å². The molecule has 1 aromatic heterocycles. The lowest BCUT2D eigenvalue weighted by atomic mass is 10.0. The number of aryl methyl sites for hydroxylation is 1. The monoisotopic (exact) mass is 336 g/mol. The standard InChI is InChI=1S/C16H17ClN2O4/c1-23-11-5-2-10(3-6-11)4-7-13(16(21)22)19-15(20)12-8-9-14(17)18-12/h2-3,5-6,8-9,13,18H,4,7H2,1H3,(H,19,20)(H,21,22). The molecule has 3 N–H and O–H groups in total. The number of aliphatic carboxylic acids is 1. The van der Waals surface area contributed by atoms with Crippen LogP contribution in [0.4, 0.5) is 0 Å². The Morgan fingerprint density at radius 3 is 2.48 bits per heavy atom. The third-order valence-corrected chi connectivity index (χ3v) is 3.60. The Labute approximate surface area is 138 Å². The fourth-order valence-electron chi connectivity index (χ4n) is 2.10. The van der Waals surface area contributed by atoms with Gasteiger partial charge >= 0.3 is 5.97 Å². The zero-order valence-corrected chi connectivity index (χ0v) is 13.3. The van der Waals surface area contributed by atoms with Crippen molar-refractivity contribution in [3.05, 3.63) is 52.8 Å². The van der Waals surface area contributed by atoms with Gasteiger partial charge in [-0.25, -0.2) is 4.79 Å². The molecule has 7 heteroatoms. The summed E-state index contributed by atoms with van der Waals surface area (Å²) < 4.78 is 5.07. The maximum atomic E-state index is 12.0. The Kier molecular flexibility index (Phi) is 5.65. The summed E-state index contributed by atoms with van der Waals surface area (Å²) in [6.07, 6.45) is 0.800. The molecule has 0 radical (unpaired) electrons. The Morgan fingerprint density at radius 2 is 1.96 bits per heavy atom. The molecular formula is C16H17ClN2O4. The molecule has 2 aromatic rings. The molecule has 0 saturated heterocycles. The van der Waals surface area contributed by atoms with Gasteiger partial charge in [0.2, 0.25) is 0 Å². The first-order chi connectivity index (χ1) is 11.0. The minimum Gasteiger partial charge on any atom is -0.497 e. The van der Waals surface area contributed by atoms with Crippen LogP contribution in [0.2, 0.25) is 5.15 Å². The maximum Gasteiger partial charge on any atom is 0.326 e. The fourth-order valence-corrected chi connectivity index (χ4v) is 2.26. The van der Waals surface area contributed by atoms with Gasteiger partial charge in [-0.3, -0.25) is 4.79 Å². The lowest BCUT2D eigenvalue weighted by Gasteiger charge is -2.14. The summed E-state index contributed by atoms with van der Waals surface area (Å²) in [5, 5.41) is 12.1. The maximum absolute atomic E-state index is 12.0. The van der Waals surface area contributed by atoms with Crippen molar-refractivity contribution in [3.8, 4) is 5.75 Å². The van der Waals surface area contributed by atoms with E-state index in [0.29, 0.717) is 11.6 Å². The van der Waals surface area contributed by atoms with Crippen LogP contribution in [0, 0.1) is 0 Å². The molecule has 0 aliphatic carbocycles. The molecule has 1 heterocycles. The summed E-state index contributed by atoms with van der Waals surface area (Å²) >= 11 is 5.71. The van der Waals surface area contributed by atoms with Gasteiger partial charge in [-0.1, -0.05) is 23.7 Å². The molecule has 0 aliphatic heterocycles. The lowest BCUT2D eigenvalue weighted by Crippen LogP contribution is -2.41. The number of aromatic nitrogens is 1. The number of halogens is 1. The third kappa shape index (κ3) is 4.75. The lowest BCUT2D eigenvalue weighted by molar-refractivity contribution is -0.139. The number of methoxy groups -OCH3 is 1. The molecular weight excluding hydrogens is 320 g/mol. The summed E-state index contributed by atoms with van der Waals surface area (Å²) in [4.78, 5) is 26.0. The Hall–Kier alpha value is -2.47. The zero-order valence-electron chi connectivity index (χ0n) is 12.5. The highest BCUT2D eigenvalue weighted by molar-refractivity contribution is 6.29. The Bertz CT molecular complexity index is 682. The highest BCUT2D eigenvalue weighted by Gasteiger charge is 2.21. The number of rotatable bonds is 7. The Balaban J connectivity index is 1.95. The SMILES string of the molecule is COc1ccc(CCC(NC(=O)c2ccc(Cl)[nH]2)C(=O)O)cc1.